The Balaban J connectivity index is 0.00000264. The van der Waals surface area contributed by atoms with E-state index >= 15 is 0 Å². The van der Waals surface area contributed by atoms with Crippen LogP contribution in [0, 0.1) is 19.8 Å². The van der Waals surface area contributed by atoms with Gasteiger partial charge in [0.25, 0.3) is 0 Å². The number of hydrogen-bond acceptors (Lipinski definition) is 3. The van der Waals surface area contributed by atoms with Gasteiger partial charge in [0.1, 0.15) is 5.75 Å². The maximum absolute atomic E-state index is 12.3. The zero-order valence-corrected chi connectivity index (χ0v) is 15.2. The number of nitrogens with one attached hydrogen (secondary N) is 1. The van der Waals surface area contributed by atoms with E-state index in [0.717, 1.165) is 31.8 Å². The molecule has 1 amide bonds. The van der Waals surface area contributed by atoms with E-state index in [4.69, 9.17) is 4.74 Å². The standard InChI is InChI=1S/C18H28N2O2.ClH/c1-14-6-7-17(11-15(14)2)22-10-8-18(21)20-9-4-5-16(13-20)12-19-3;/h6-7,11,16,19H,4-5,8-10,12-13H2,1-3H3;1H. The molecule has 0 saturated carbocycles. The van der Waals surface area contributed by atoms with E-state index in [2.05, 4.69) is 25.2 Å². The maximum Gasteiger partial charge on any atom is 0.226 e. The molecule has 23 heavy (non-hydrogen) atoms. The number of aryl methyl sites for hydroxylation is 2. The zero-order chi connectivity index (χ0) is 15.9. The average Bonchev–Trinajstić information content (AvgIpc) is 2.51. The van der Waals surface area contributed by atoms with E-state index in [-0.39, 0.29) is 18.3 Å². The van der Waals surface area contributed by atoms with Crippen molar-refractivity contribution in [3.63, 3.8) is 0 Å². The minimum absolute atomic E-state index is 0. The predicted molar refractivity (Wildman–Crippen MR) is 96.5 cm³/mol. The molecule has 1 fully saturated rings. The van der Waals surface area contributed by atoms with Gasteiger partial charge >= 0.3 is 0 Å². The number of nitrogens with zero attached hydrogens (tertiary/aromatic N) is 1. The van der Waals surface area contributed by atoms with Crippen LogP contribution in [0.4, 0.5) is 0 Å². The lowest BCUT2D eigenvalue weighted by atomic mass is 9.98. The molecule has 1 aromatic rings. The molecular formula is C18H29ClN2O2. The second-order valence-corrected chi connectivity index (χ2v) is 6.25. The molecule has 130 valence electrons. The summed E-state index contributed by atoms with van der Waals surface area (Å²) in [6.45, 7) is 7.37. The van der Waals surface area contributed by atoms with Gasteiger partial charge in [0.05, 0.1) is 13.0 Å². The first-order valence-corrected chi connectivity index (χ1v) is 8.22. The summed E-state index contributed by atoms with van der Waals surface area (Å²) in [5, 5.41) is 3.21. The van der Waals surface area contributed by atoms with E-state index in [1.165, 1.54) is 17.5 Å². The molecule has 0 aromatic heterocycles. The third-order valence-corrected chi connectivity index (χ3v) is 4.43. The van der Waals surface area contributed by atoms with Crippen molar-refractivity contribution >= 4 is 18.3 Å². The van der Waals surface area contributed by atoms with Crippen molar-refractivity contribution in [3.8, 4) is 5.75 Å². The Labute approximate surface area is 146 Å². The zero-order valence-electron chi connectivity index (χ0n) is 14.4. The van der Waals surface area contributed by atoms with Crippen LogP contribution in [0.3, 0.4) is 0 Å². The highest BCUT2D eigenvalue weighted by Crippen LogP contribution is 2.18. The van der Waals surface area contributed by atoms with Gasteiger partial charge in [0, 0.05) is 13.1 Å². The molecule has 1 aliphatic heterocycles. The third kappa shape index (κ3) is 6.04. The molecular weight excluding hydrogens is 312 g/mol. The number of piperidine rings is 1. The minimum Gasteiger partial charge on any atom is -0.493 e. The highest BCUT2D eigenvalue weighted by molar-refractivity contribution is 5.85. The molecule has 1 unspecified atom stereocenters. The van der Waals surface area contributed by atoms with Gasteiger partial charge in [0.15, 0.2) is 0 Å². The van der Waals surface area contributed by atoms with Crippen LogP contribution in [0.5, 0.6) is 5.75 Å². The highest BCUT2D eigenvalue weighted by atomic mass is 35.5. The summed E-state index contributed by atoms with van der Waals surface area (Å²) in [4.78, 5) is 14.3. The molecule has 5 heteroatoms. The quantitative estimate of drug-likeness (QED) is 0.865. The lowest BCUT2D eigenvalue weighted by molar-refractivity contribution is -0.133. The molecule has 4 nitrogen and oxygen atoms in total. The first-order valence-electron chi connectivity index (χ1n) is 8.22. The van der Waals surface area contributed by atoms with Crippen LogP contribution in [0.1, 0.15) is 30.4 Å². The second-order valence-electron chi connectivity index (χ2n) is 6.25. The number of rotatable bonds is 6. The number of ether oxygens (including phenoxy) is 1. The summed E-state index contributed by atoms with van der Waals surface area (Å²) in [5.41, 5.74) is 2.47. The van der Waals surface area contributed by atoms with Crippen molar-refractivity contribution in [2.75, 3.05) is 33.3 Å². The topological polar surface area (TPSA) is 41.6 Å². The average molecular weight is 341 g/mol. The van der Waals surface area contributed by atoms with Crippen LogP contribution in [0.25, 0.3) is 0 Å². The molecule has 1 saturated heterocycles. The van der Waals surface area contributed by atoms with E-state index in [0.29, 0.717) is 18.9 Å². The van der Waals surface area contributed by atoms with Crippen LogP contribution >= 0.6 is 12.4 Å². The second kappa shape index (κ2) is 9.78. The summed E-state index contributed by atoms with van der Waals surface area (Å²) in [6, 6.07) is 6.06. The van der Waals surface area contributed by atoms with Crippen molar-refractivity contribution in [2.45, 2.75) is 33.1 Å². The van der Waals surface area contributed by atoms with Crippen LogP contribution in [0.2, 0.25) is 0 Å². The molecule has 1 atom stereocenters. The number of amides is 1. The van der Waals surface area contributed by atoms with Crippen molar-refractivity contribution in [1.82, 2.24) is 10.2 Å². The Morgan fingerprint density at radius 2 is 2.13 bits per heavy atom. The van der Waals surface area contributed by atoms with Crippen LogP contribution in [-0.4, -0.2) is 44.1 Å². The number of benzene rings is 1. The van der Waals surface area contributed by atoms with Gasteiger partial charge < -0.3 is 15.0 Å². The van der Waals surface area contributed by atoms with Crippen molar-refractivity contribution in [2.24, 2.45) is 5.92 Å². The number of hydrogen-bond donors (Lipinski definition) is 1. The van der Waals surface area contributed by atoms with Crippen LogP contribution in [0.15, 0.2) is 18.2 Å². The maximum atomic E-state index is 12.3. The number of carbonyl (C=O) groups excluding carboxylic acids is 1. The molecule has 2 rings (SSSR count). The Kier molecular flexibility index (Phi) is 8.42. The lowest BCUT2D eigenvalue weighted by Crippen LogP contribution is -2.42. The smallest absolute Gasteiger partial charge is 0.226 e. The van der Waals surface area contributed by atoms with Gasteiger partial charge in [-0.15, -0.1) is 12.4 Å². The molecule has 0 spiro atoms. The van der Waals surface area contributed by atoms with Crippen LogP contribution in [-0.2, 0) is 4.79 Å². The van der Waals surface area contributed by atoms with Gasteiger partial charge in [-0.05, 0) is 69.5 Å². The molecule has 1 aromatic carbocycles. The Bertz CT molecular complexity index is 506. The van der Waals surface area contributed by atoms with Gasteiger partial charge in [-0.2, -0.15) is 0 Å². The SMILES string of the molecule is CNCC1CCCN(C(=O)CCOc2ccc(C)c(C)c2)C1.Cl. The lowest BCUT2D eigenvalue weighted by Gasteiger charge is -2.32. The van der Waals surface area contributed by atoms with E-state index in [1.807, 2.05) is 24.1 Å². The van der Waals surface area contributed by atoms with Gasteiger partial charge in [-0.1, -0.05) is 6.07 Å². The molecule has 1 aliphatic rings. The fourth-order valence-electron chi connectivity index (χ4n) is 2.96. The van der Waals surface area contributed by atoms with E-state index < -0.39 is 0 Å². The fourth-order valence-corrected chi connectivity index (χ4v) is 2.96. The number of carbonyl (C=O) groups is 1. The summed E-state index contributed by atoms with van der Waals surface area (Å²) >= 11 is 0. The first kappa shape index (κ1) is 19.8. The van der Waals surface area contributed by atoms with Crippen molar-refractivity contribution < 1.29 is 9.53 Å². The Morgan fingerprint density at radius 1 is 1.35 bits per heavy atom. The van der Waals surface area contributed by atoms with Gasteiger partial charge in [-0.3, -0.25) is 4.79 Å². The summed E-state index contributed by atoms with van der Waals surface area (Å²) < 4.78 is 5.72. The summed E-state index contributed by atoms with van der Waals surface area (Å²) in [6.07, 6.45) is 2.78. The Hall–Kier alpha value is -1.26. The number of likely N-dealkylation sites (tertiary alicyclic amines) is 1. The number of halogens is 1. The predicted octanol–water partition coefficient (Wildman–Crippen LogP) is 2.95. The van der Waals surface area contributed by atoms with E-state index in [1.54, 1.807) is 0 Å². The van der Waals surface area contributed by atoms with Crippen LogP contribution < -0.4 is 10.1 Å². The normalized spacial score (nSPS) is 17.5. The van der Waals surface area contributed by atoms with Crippen molar-refractivity contribution in [3.05, 3.63) is 29.3 Å². The van der Waals surface area contributed by atoms with Gasteiger partial charge in [-0.25, -0.2) is 0 Å². The molecule has 0 bridgehead atoms. The highest BCUT2D eigenvalue weighted by Gasteiger charge is 2.22. The fraction of sp³-hybridized carbons (Fsp3) is 0.611. The molecule has 1 heterocycles. The monoisotopic (exact) mass is 340 g/mol. The summed E-state index contributed by atoms with van der Waals surface area (Å²) in [5.74, 6) is 1.65. The third-order valence-electron chi connectivity index (χ3n) is 4.43. The molecule has 1 N–H and O–H groups in total. The first-order chi connectivity index (χ1) is 10.6. The van der Waals surface area contributed by atoms with E-state index in [9.17, 15) is 4.79 Å². The minimum atomic E-state index is 0. The molecule has 0 aliphatic carbocycles. The van der Waals surface area contributed by atoms with Crippen molar-refractivity contribution in [1.29, 1.82) is 0 Å². The molecule has 0 radical (unpaired) electrons. The summed E-state index contributed by atoms with van der Waals surface area (Å²) in [7, 11) is 1.97. The Morgan fingerprint density at radius 3 is 2.83 bits per heavy atom. The largest absolute Gasteiger partial charge is 0.493 e. The van der Waals surface area contributed by atoms with Gasteiger partial charge in [0.2, 0.25) is 5.91 Å².